The number of guanidine groups is 1. The predicted octanol–water partition coefficient (Wildman–Crippen LogP) is 1.31. The quantitative estimate of drug-likeness (QED) is 0.373. The number of hydrogen-bond acceptors (Lipinski definition) is 3. The van der Waals surface area contributed by atoms with Crippen LogP contribution in [0.5, 0.6) is 0 Å². The molecule has 21 heavy (non-hydrogen) atoms. The number of piperidine rings is 1. The summed E-state index contributed by atoms with van der Waals surface area (Å²) >= 11 is 0. The van der Waals surface area contributed by atoms with Gasteiger partial charge in [-0.1, -0.05) is 0 Å². The summed E-state index contributed by atoms with van der Waals surface area (Å²) in [5.41, 5.74) is -0.493. The Labute approximate surface area is 145 Å². The molecule has 0 radical (unpaired) electrons. The molecule has 1 saturated heterocycles. The second kappa shape index (κ2) is 7.46. The van der Waals surface area contributed by atoms with Gasteiger partial charge in [-0.2, -0.15) is 0 Å². The first-order chi connectivity index (χ1) is 9.68. The van der Waals surface area contributed by atoms with Crippen molar-refractivity contribution < 1.29 is 5.11 Å². The Morgan fingerprint density at radius 3 is 2.38 bits per heavy atom. The van der Waals surface area contributed by atoms with Crippen molar-refractivity contribution in [3.63, 3.8) is 0 Å². The highest BCUT2D eigenvalue weighted by Gasteiger charge is 2.35. The molecule has 0 aromatic rings. The Balaban J connectivity index is 0.00000161. The molecule has 0 aromatic heterocycles. The van der Waals surface area contributed by atoms with Crippen molar-refractivity contribution in [3.8, 4) is 0 Å². The fourth-order valence-corrected chi connectivity index (χ4v) is 3.25. The van der Waals surface area contributed by atoms with Crippen LogP contribution in [-0.2, 0) is 0 Å². The van der Waals surface area contributed by atoms with Crippen molar-refractivity contribution in [2.75, 3.05) is 26.7 Å². The van der Waals surface area contributed by atoms with Gasteiger partial charge in [0, 0.05) is 38.8 Å². The summed E-state index contributed by atoms with van der Waals surface area (Å²) in [6.45, 7) is 3.04. The lowest BCUT2D eigenvalue weighted by atomic mass is 9.80. The molecule has 3 N–H and O–H groups in total. The SMILES string of the molecule is CN=C(NCC1(O)CCC1)NC1CCN(C2CC2)CC1.I. The highest BCUT2D eigenvalue weighted by atomic mass is 127. The van der Waals surface area contributed by atoms with Crippen molar-refractivity contribution in [1.29, 1.82) is 0 Å². The van der Waals surface area contributed by atoms with Crippen LogP contribution in [0.4, 0.5) is 0 Å². The average molecular weight is 408 g/mol. The maximum Gasteiger partial charge on any atom is 0.191 e. The first-order valence-electron chi connectivity index (χ1n) is 8.12. The number of aliphatic hydroxyl groups is 1. The fraction of sp³-hybridized carbons (Fsp3) is 0.933. The third-order valence-electron chi connectivity index (χ3n) is 5.03. The summed E-state index contributed by atoms with van der Waals surface area (Å²) in [7, 11) is 1.81. The van der Waals surface area contributed by atoms with E-state index in [-0.39, 0.29) is 24.0 Å². The lowest BCUT2D eigenvalue weighted by Gasteiger charge is -2.37. The van der Waals surface area contributed by atoms with Crippen molar-refractivity contribution in [2.45, 2.75) is 62.6 Å². The minimum absolute atomic E-state index is 0. The lowest BCUT2D eigenvalue weighted by molar-refractivity contribution is -0.0279. The van der Waals surface area contributed by atoms with E-state index in [1.54, 1.807) is 7.05 Å². The molecule has 1 aliphatic heterocycles. The minimum Gasteiger partial charge on any atom is -0.388 e. The maximum absolute atomic E-state index is 10.1. The minimum atomic E-state index is -0.493. The molecule has 0 bridgehead atoms. The molecule has 0 amide bonds. The largest absolute Gasteiger partial charge is 0.388 e. The van der Waals surface area contributed by atoms with Crippen LogP contribution in [0.3, 0.4) is 0 Å². The summed E-state index contributed by atoms with van der Waals surface area (Å²) in [5, 5.41) is 16.9. The molecule has 3 aliphatic rings. The number of halogens is 1. The fourth-order valence-electron chi connectivity index (χ4n) is 3.25. The molecule has 122 valence electrons. The van der Waals surface area contributed by atoms with E-state index in [4.69, 9.17) is 0 Å². The molecule has 2 aliphatic carbocycles. The van der Waals surface area contributed by atoms with E-state index in [0.29, 0.717) is 12.6 Å². The molecule has 2 saturated carbocycles. The molecular weight excluding hydrogens is 379 g/mol. The molecule has 0 aromatic carbocycles. The Morgan fingerprint density at radius 1 is 1.24 bits per heavy atom. The predicted molar refractivity (Wildman–Crippen MR) is 96.3 cm³/mol. The summed E-state index contributed by atoms with van der Waals surface area (Å²) in [4.78, 5) is 6.91. The highest BCUT2D eigenvalue weighted by molar-refractivity contribution is 14.0. The molecule has 0 atom stereocenters. The molecule has 0 unspecified atom stereocenters. The zero-order chi connectivity index (χ0) is 14.0. The van der Waals surface area contributed by atoms with Gasteiger partial charge in [-0.25, -0.2) is 0 Å². The third kappa shape index (κ3) is 4.69. The van der Waals surface area contributed by atoms with Crippen molar-refractivity contribution in [1.82, 2.24) is 15.5 Å². The molecule has 3 fully saturated rings. The van der Waals surface area contributed by atoms with E-state index in [1.165, 1.54) is 38.8 Å². The van der Waals surface area contributed by atoms with E-state index >= 15 is 0 Å². The zero-order valence-electron chi connectivity index (χ0n) is 13.0. The van der Waals surface area contributed by atoms with Gasteiger partial charge < -0.3 is 20.6 Å². The molecular formula is C15H29IN4O. The lowest BCUT2D eigenvalue weighted by Crippen LogP contribution is -2.53. The van der Waals surface area contributed by atoms with Gasteiger partial charge >= 0.3 is 0 Å². The smallest absolute Gasteiger partial charge is 0.191 e. The van der Waals surface area contributed by atoms with E-state index in [1.807, 2.05) is 0 Å². The van der Waals surface area contributed by atoms with Crippen LogP contribution in [-0.4, -0.2) is 60.3 Å². The number of hydrogen-bond donors (Lipinski definition) is 3. The van der Waals surface area contributed by atoms with Crippen LogP contribution in [0.2, 0.25) is 0 Å². The van der Waals surface area contributed by atoms with Crippen LogP contribution < -0.4 is 10.6 Å². The topological polar surface area (TPSA) is 59.9 Å². The Hall–Kier alpha value is -0.0800. The van der Waals surface area contributed by atoms with Crippen LogP contribution in [0, 0.1) is 0 Å². The second-order valence-electron chi connectivity index (χ2n) is 6.69. The number of aliphatic imine (C=N–C) groups is 1. The van der Waals surface area contributed by atoms with Gasteiger partial charge in [0.2, 0.25) is 0 Å². The summed E-state index contributed by atoms with van der Waals surface area (Å²) in [5.74, 6) is 0.843. The summed E-state index contributed by atoms with van der Waals surface area (Å²) < 4.78 is 0. The van der Waals surface area contributed by atoms with Crippen LogP contribution >= 0.6 is 24.0 Å². The Kier molecular flexibility index (Phi) is 6.14. The monoisotopic (exact) mass is 408 g/mol. The summed E-state index contributed by atoms with van der Waals surface area (Å²) in [6, 6.07) is 1.41. The third-order valence-corrected chi connectivity index (χ3v) is 5.03. The van der Waals surface area contributed by atoms with E-state index in [0.717, 1.165) is 31.3 Å². The Bertz CT molecular complexity index is 361. The molecule has 5 nitrogen and oxygen atoms in total. The van der Waals surface area contributed by atoms with Gasteiger partial charge in [-0.3, -0.25) is 4.99 Å². The highest BCUT2D eigenvalue weighted by Crippen LogP contribution is 2.31. The van der Waals surface area contributed by atoms with Gasteiger partial charge in [0.15, 0.2) is 5.96 Å². The number of nitrogens with one attached hydrogen (secondary N) is 2. The van der Waals surface area contributed by atoms with Gasteiger partial charge in [-0.05, 0) is 44.9 Å². The molecule has 1 heterocycles. The zero-order valence-corrected chi connectivity index (χ0v) is 15.3. The van der Waals surface area contributed by atoms with Crippen molar-refractivity contribution >= 4 is 29.9 Å². The summed E-state index contributed by atoms with van der Waals surface area (Å²) in [6.07, 6.45) is 8.17. The number of likely N-dealkylation sites (tertiary alicyclic amines) is 1. The molecule has 6 heteroatoms. The van der Waals surface area contributed by atoms with Crippen LogP contribution in [0.25, 0.3) is 0 Å². The Morgan fingerprint density at radius 2 is 1.90 bits per heavy atom. The first-order valence-corrected chi connectivity index (χ1v) is 8.12. The van der Waals surface area contributed by atoms with Crippen molar-refractivity contribution in [2.24, 2.45) is 4.99 Å². The van der Waals surface area contributed by atoms with Crippen LogP contribution in [0.15, 0.2) is 4.99 Å². The normalized spacial score (nSPS) is 26.7. The van der Waals surface area contributed by atoms with Gasteiger partial charge in [0.1, 0.15) is 0 Å². The second-order valence-corrected chi connectivity index (χ2v) is 6.69. The van der Waals surface area contributed by atoms with E-state index < -0.39 is 5.60 Å². The average Bonchev–Trinajstić information content (AvgIpc) is 3.26. The van der Waals surface area contributed by atoms with Crippen LogP contribution in [0.1, 0.15) is 44.9 Å². The van der Waals surface area contributed by atoms with E-state index in [2.05, 4.69) is 20.5 Å². The standard InChI is InChI=1S/C15H28N4O.HI/c1-16-14(17-11-15(20)7-2-8-15)18-12-5-9-19(10-6-12)13-3-4-13;/h12-13,20H,2-11H2,1H3,(H2,16,17,18);1H. The number of rotatable bonds is 4. The maximum atomic E-state index is 10.1. The molecule has 3 rings (SSSR count). The number of nitrogens with zero attached hydrogens (tertiary/aromatic N) is 2. The first kappa shape index (κ1) is 17.3. The van der Waals surface area contributed by atoms with Gasteiger partial charge in [0.25, 0.3) is 0 Å². The molecule has 0 spiro atoms. The van der Waals surface area contributed by atoms with Gasteiger partial charge in [-0.15, -0.1) is 24.0 Å². The van der Waals surface area contributed by atoms with Crippen molar-refractivity contribution in [3.05, 3.63) is 0 Å². The van der Waals surface area contributed by atoms with E-state index in [9.17, 15) is 5.11 Å². The van der Waals surface area contributed by atoms with Gasteiger partial charge in [0.05, 0.1) is 5.60 Å².